The second-order valence-electron chi connectivity index (χ2n) is 4.49. The molecule has 17 heavy (non-hydrogen) atoms. The second-order valence-corrected chi connectivity index (χ2v) is 4.49. The second kappa shape index (κ2) is 15.2. The maximum atomic E-state index is 3.66. The molecule has 0 heteroatoms. The van der Waals surface area contributed by atoms with Gasteiger partial charge in [0.05, 0.1) is 0 Å². The smallest absolute Gasteiger partial charge is 0.0279 e. The zero-order valence-corrected chi connectivity index (χ0v) is 11.6. The van der Waals surface area contributed by atoms with Crippen LogP contribution in [0.3, 0.4) is 0 Å². The fraction of sp³-hybridized carbons (Fsp3) is 0.647. The molecule has 0 amide bonds. The zero-order chi connectivity index (χ0) is 12.6. The molecule has 0 aliphatic heterocycles. The van der Waals surface area contributed by atoms with Gasteiger partial charge in [-0.1, -0.05) is 69.9 Å². The molecular formula is C17H29. The molecular weight excluding hydrogens is 204 g/mol. The van der Waals surface area contributed by atoms with Crippen LogP contribution in [0.15, 0.2) is 30.9 Å². The Morgan fingerprint density at radius 3 is 2.24 bits per heavy atom. The first-order valence-electron chi connectivity index (χ1n) is 7.24. The summed E-state index contributed by atoms with van der Waals surface area (Å²) in [5.41, 5.74) is 0. The third-order valence-corrected chi connectivity index (χ3v) is 2.81. The molecule has 0 saturated heterocycles. The molecule has 0 aromatic heterocycles. The SMILES string of the molecule is C=CC=CCCCCCCCCC/[C]=C/CC. The highest BCUT2D eigenvalue weighted by molar-refractivity contribution is 4.96. The van der Waals surface area contributed by atoms with Crippen LogP contribution in [0.25, 0.3) is 0 Å². The summed E-state index contributed by atoms with van der Waals surface area (Å²) in [6.45, 7) is 5.82. The summed E-state index contributed by atoms with van der Waals surface area (Å²) in [7, 11) is 0. The summed E-state index contributed by atoms with van der Waals surface area (Å²) in [5, 5.41) is 0. The highest BCUT2D eigenvalue weighted by Crippen LogP contribution is 2.10. The van der Waals surface area contributed by atoms with E-state index in [1.807, 2.05) is 12.2 Å². The van der Waals surface area contributed by atoms with Gasteiger partial charge in [-0.05, 0) is 38.2 Å². The fourth-order valence-electron chi connectivity index (χ4n) is 1.81. The number of rotatable bonds is 12. The first-order chi connectivity index (χ1) is 8.41. The van der Waals surface area contributed by atoms with E-state index in [0.29, 0.717) is 0 Å². The molecule has 0 aliphatic rings. The third-order valence-electron chi connectivity index (χ3n) is 2.81. The summed E-state index contributed by atoms with van der Waals surface area (Å²) in [5.74, 6) is 0. The number of hydrogen-bond donors (Lipinski definition) is 0. The molecule has 0 nitrogen and oxygen atoms in total. The van der Waals surface area contributed by atoms with Crippen molar-refractivity contribution in [3.8, 4) is 0 Å². The van der Waals surface area contributed by atoms with Crippen LogP contribution in [-0.4, -0.2) is 0 Å². The minimum Gasteiger partial charge on any atom is -0.0991 e. The van der Waals surface area contributed by atoms with E-state index in [-0.39, 0.29) is 0 Å². The highest BCUT2D eigenvalue weighted by atomic mass is 14.0. The molecule has 0 aromatic carbocycles. The van der Waals surface area contributed by atoms with Crippen LogP contribution < -0.4 is 0 Å². The van der Waals surface area contributed by atoms with Crippen molar-refractivity contribution in [2.24, 2.45) is 0 Å². The van der Waals surface area contributed by atoms with Gasteiger partial charge in [0, 0.05) is 0 Å². The summed E-state index contributed by atoms with van der Waals surface area (Å²) < 4.78 is 0. The zero-order valence-electron chi connectivity index (χ0n) is 11.6. The molecule has 0 bridgehead atoms. The van der Waals surface area contributed by atoms with Crippen molar-refractivity contribution in [2.75, 3.05) is 0 Å². The minimum atomic E-state index is 1.13. The average Bonchev–Trinajstić information content (AvgIpc) is 2.35. The van der Waals surface area contributed by atoms with Crippen molar-refractivity contribution in [1.82, 2.24) is 0 Å². The molecule has 0 aliphatic carbocycles. The van der Waals surface area contributed by atoms with E-state index in [0.717, 1.165) is 12.8 Å². The van der Waals surface area contributed by atoms with Gasteiger partial charge in [-0.3, -0.25) is 0 Å². The van der Waals surface area contributed by atoms with E-state index in [1.54, 1.807) is 0 Å². The summed E-state index contributed by atoms with van der Waals surface area (Å²) in [4.78, 5) is 0. The van der Waals surface area contributed by atoms with E-state index in [9.17, 15) is 0 Å². The fourth-order valence-corrected chi connectivity index (χ4v) is 1.81. The number of allylic oxidation sites excluding steroid dienone is 5. The monoisotopic (exact) mass is 233 g/mol. The first-order valence-corrected chi connectivity index (χ1v) is 7.24. The Labute approximate surface area is 109 Å². The van der Waals surface area contributed by atoms with Crippen molar-refractivity contribution in [1.29, 1.82) is 0 Å². The average molecular weight is 233 g/mol. The van der Waals surface area contributed by atoms with Gasteiger partial charge >= 0.3 is 0 Å². The Balaban J connectivity index is 3.01. The van der Waals surface area contributed by atoms with Crippen LogP contribution >= 0.6 is 0 Å². The van der Waals surface area contributed by atoms with Crippen molar-refractivity contribution in [3.63, 3.8) is 0 Å². The Bertz CT molecular complexity index is 198. The quantitative estimate of drug-likeness (QED) is 0.286. The normalized spacial score (nSPS) is 11.6. The largest absolute Gasteiger partial charge is 0.0991 e. The van der Waals surface area contributed by atoms with E-state index in [1.165, 1.54) is 51.4 Å². The molecule has 0 heterocycles. The van der Waals surface area contributed by atoms with Gasteiger partial charge < -0.3 is 0 Å². The van der Waals surface area contributed by atoms with Crippen LogP contribution in [0.1, 0.15) is 71.1 Å². The summed E-state index contributed by atoms with van der Waals surface area (Å²) in [6.07, 6.45) is 24.7. The van der Waals surface area contributed by atoms with Crippen LogP contribution in [-0.2, 0) is 0 Å². The Morgan fingerprint density at radius 1 is 0.941 bits per heavy atom. The lowest BCUT2D eigenvalue weighted by Crippen LogP contribution is -1.80. The summed E-state index contributed by atoms with van der Waals surface area (Å²) in [6, 6.07) is 0. The van der Waals surface area contributed by atoms with Gasteiger partial charge in [0.1, 0.15) is 0 Å². The van der Waals surface area contributed by atoms with Crippen molar-refractivity contribution in [2.45, 2.75) is 71.1 Å². The van der Waals surface area contributed by atoms with Crippen molar-refractivity contribution >= 4 is 0 Å². The molecule has 0 N–H and O–H groups in total. The van der Waals surface area contributed by atoms with Crippen LogP contribution in [0.4, 0.5) is 0 Å². The van der Waals surface area contributed by atoms with Crippen LogP contribution in [0.5, 0.6) is 0 Å². The molecule has 1 radical (unpaired) electrons. The standard InChI is InChI=1S/C17H29/c1-3-5-7-9-11-13-15-17-16-14-12-10-8-6-4-2/h3,5-7H,1,4,9-17H2,2H3. The van der Waals surface area contributed by atoms with Crippen molar-refractivity contribution < 1.29 is 0 Å². The maximum Gasteiger partial charge on any atom is -0.0279 e. The van der Waals surface area contributed by atoms with E-state index >= 15 is 0 Å². The van der Waals surface area contributed by atoms with Crippen LogP contribution in [0, 0.1) is 6.08 Å². The summed E-state index contributed by atoms with van der Waals surface area (Å²) >= 11 is 0. The predicted octanol–water partition coefficient (Wildman–Crippen LogP) is 6.01. The predicted molar refractivity (Wildman–Crippen MR) is 79.0 cm³/mol. The van der Waals surface area contributed by atoms with Gasteiger partial charge in [0.15, 0.2) is 0 Å². The van der Waals surface area contributed by atoms with Gasteiger partial charge in [-0.25, -0.2) is 0 Å². The molecule has 0 rings (SSSR count). The first kappa shape index (κ1) is 16.2. The molecule has 97 valence electrons. The van der Waals surface area contributed by atoms with Gasteiger partial charge in [0.2, 0.25) is 0 Å². The molecule has 0 saturated carbocycles. The lowest BCUT2D eigenvalue weighted by molar-refractivity contribution is 0.582. The van der Waals surface area contributed by atoms with Gasteiger partial charge in [-0.2, -0.15) is 0 Å². The lowest BCUT2D eigenvalue weighted by atomic mass is 10.1. The van der Waals surface area contributed by atoms with E-state index in [4.69, 9.17) is 0 Å². The third kappa shape index (κ3) is 15.2. The Hall–Kier alpha value is -0.780. The molecule has 0 aromatic rings. The highest BCUT2D eigenvalue weighted by Gasteiger charge is 1.90. The molecule has 0 fully saturated rings. The van der Waals surface area contributed by atoms with Gasteiger partial charge in [-0.15, -0.1) is 0 Å². The van der Waals surface area contributed by atoms with Gasteiger partial charge in [0.25, 0.3) is 0 Å². The van der Waals surface area contributed by atoms with Crippen LogP contribution in [0.2, 0.25) is 0 Å². The minimum absolute atomic E-state index is 1.13. The number of hydrogen-bond acceptors (Lipinski definition) is 0. The van der Waals surface area contributed by atoms with Crippen molar-refractivity contribution in [3.05, 3.63) is 37.0 Å². The van der Waals surface area contributed by atoms with E-state index in [2.05, 4.69) is 31.7 Å². The Morgan fingerprint density at radius 2 is 1.59 bits per heavy atom. The topological polar surface area (TPSA) is 0 Å². The molecule has 0 spiro atoms. The lowest BCUT2D eigenvalue weighted by Gasteiger charge is -1.99. The Kier molecular flexibility index (Phi) is 14.5. The maximum absolute atomic E-state index is 3.66. The number of unbranched alkanes of at least 4 members (excludes halogenated alkanes) is 8. The molecule has 0 atom stereocenters. The van der Waals surface area contributed by atoms with E-state index < -0.39 is 0 Å². The molecule has 0 unspecified atom stereocenters.